The smallest absolute Gasteiger partial charge is 0.351 e. The van der Waals surface area contributed by atoms with Crippen molar-refractivity contribution in [3.05, 3.63) is 22.5 Å². The van der Waals surface area contributed by atoms with Gasteiger partial charge in [0, 0.05) is 13.6 Å². The van der Waals surface area contributed by atoms with Crippen LogP contribution in [0, 0.1) is 0 Å². The minimum absolute atomic E-state index is 0.148. The number of hydrogen-bond donors (Lipinski definition) is 1. The second kappa shape index (κ2) is 25.9. The zero-order valence-corrected chi connectivity index (χ0v) is 29.4. The summed E-state index contributed by atoms with van der Waals surface area (Å²) in [6, 6.07) is 0. The van der Waals surface area contributed by atoms with Gasteiger partial charge in [0.25, 0.3) is 5.91 Å². The Morgan fingerprint density at radius 1 is 0.667 bits per heavy atom. The first-order valence-electron chi connectivity index (χ1n) is 18.9. The van der Waals surface area contributed by atoms with E-state index in [4.69, 9.17) is 0 Å². The maximum atomic E-state index is 12.6. The summed E-state index contributed by atoms with van der Waals surface area (Å²) in [5.41, 5.74) is -0.0303. The van der Waals surface area contributed by atoms with Crippen molar-refractivity contribution in [2.75, 3.05) is 26.2 Å². The Morgan fingerprint density at radius 2 is 1.09 bits per heavy atom. The summed E-state index contributed by atoms with van der Waals surface area (Å²) in [5.74, 6) is -0.306. The van der Waals surface area contributed by atoms with Gasteiger partial charge in [-0.1, -0.05) is 147 Å². The van der Waals surface area contributed by atoms with Gasteiger partial charge in [-0.25, -0.2) is 14.2 Å². The third kappa shape index (κ3) is 17.3. The van der Waals surface area contributed by atoms with Crippen molar-refractivity contribution in [1.29, 1.82) is 0 Å². The molecule has 2 aromatic rings. The van der Waals surface area contributed by atoms with E-state index >= 15 is 0 Å². The molecule has 1 N–H and O–H groups in total. The van der Waals surface area contributed by atoms with E-state index in [0.29, 0.717) is 6.54 Å². The summed E-state index contributed by atoms with van der Waals surface area (Å²) in [7, 11) is 1.52. The molecule has 258 valence electrons. The molecule has 9 heteroatoms. The van der Waals surface area contributed by atoms with Crippen LogP contribution >= 0.6 is 0 Å². The molecule has 0 aliphatic carbocycles. The molecule has 0 aromatic carbocycles. The Morgan fingerprint density at radius 3 is 1.56 bits per heavy atom. The maximum Gasteiger partial charge on any atom is 0.352 e. The molecule has 0 atom stereocenters. The lowest BCUT2D eigenvalue weighted by molar-refractivity contribution is 0.0949. The highest BCUT2D eigenvalue weighted by Gasteiger charge is 2.16. The SMILES string of the molecule is CCCCCCCCCCCCN(CCCCCCCCCCCC)CCCCCCNC(=O)c1ncn2c(=O)n(C)nnc12. The van der Waals surface area contributed by atoms with E-state index < -0.39 is 0 Å². The van der Waals surface area contributed by atoms with Crippen molar-refractivity contribution >= 4 is 11.6 Å². The maximum absolute atomic E-state index is 12.6. The molecule has 1 amide bonds. The zero-order chi connectivity index (χ0) is 32.4. The number of hydrogen-bond acceptors (Lipinski definition) is 6. The van der Waals surface area contributed by atoms with Crippen LogP contribution in [-0.2, 0) is 7.05 Å². The Labute approximate surface area is 274 Å². The third-order valence-electron chi connectivity index (χ3n) is 9.06. The highest BCUT2D eigenvalue weighted by atomic mass is 16.2. The number of imidazole rings is 1. The van der Waals surface area contributed by atoms with E-state index in [2.05, 4.69) is 39.4 Å². The Bertz CT molecular complexity index is 1040. The summed E-state index contributed by atoms with van der Waals surface area (Å²) in [6.07, 6.45) is 33.6. The van der Waals surface area contributed by atoms with Crippen molar-refractivity contribution < 1.29 is 4.79 Å². The fourth-order valence-corrected chi connectivity index (χ4v) is 6.12. The average molecular weight is 630 g/mol. The van der Waals surface area contributed by atoms with Crippen molar-refractivity contribution in [3.63, 3.8) is 0 Å². The zero-order valence-electron chi connectivity index (χ0n) is 29.4. The first-order chi connectivity index (χ1) is 22.1. The van der Waals surface area contributed by atoms with Crippen molar-refractivity contribution in [3.8, 4) is 0 Å². The van der Waals surface area contributed by atoms with Gasteiger partial charge in [-0.3, -0.25) is 4.79 Å². The van der Waals surface area contributed by atoms with Gasteiger partial charge in [0.15, 0.2) is 11.3 Å². The van der Waals surface area contributed by atoms with Crippen LogP contribution in [0.15, 0.2) is 11.1 Å². The molecule has 0 aliphatic heterocycles. The normalized spacial score (nSPS) is 11.6. The highest BCUT2D eigenvalue weighted by molar-refractivity contribution is 5.97. The van der Waals surface area contributed by atoms with Gasteiger partial charge < -0.3 is 10.2 Å². The van der Waals surface area contributed by atoms with E-state index in [1.165, 1.54) is 179 Å². The first-order valence-corrected chi connectivity index (χ1v) is 18.9. The summed E-state index contributed by atoms with van der Waals surface area (Å²) >= 11 is 0. The van der Waals surface area contributed by atoms with E-state index in [-0.39, 0.29) is 22.9 Å². The topological polar surface area (TPSA) is 97.4 Å². The lowest BCUT2D eigenvalue weighted by Crippen LogP contribution is -2.29. The fourth-order valence-electron chi connectivity index (χ4n) is 6.12. The van der Waals surface area contributed by atoms with Crippen LogP contribution in [0.2, 0.25) is 0 Å². The summed E-state index contributed by atoms with van der Waals surface area (Å²) in [5, 5.41) is 10.7. The van der Waals surface area contributed by atoms with Crippen LogP contribution in [0.3, 0.4) is 0 Å². The second-order valence-electron chi connectivity index (χ2n) is 13.2. The molecule has 0 saturated heterocycles. The van der Waals surface area contributed by atoms with E-state index in [0.717, 1.165) is 17.5 Å². The van der Waals surface area contributed by atoms with Gasteiger partial charge in [-0.15, -0.1) is 5.10 Å². The van der Waals surface area contributed by atoms with Gasteiger partial charge in [0.05, 0.1) is 0 Å². The molecule has 0 spiro atoms. The lowest BCUT2D eigenvalue weighted by Gasteiger charge is -2.22. The van der Waals surface area contributed by atoms with Crippen LogP contribution in [0.5, 0.6) is 0 Å². The standard InChI is InChI=1S/C36H67N7O2/c1-4-6-8-10-12-14-16-18-21-25-29-42(30-26-22-19-17-15-13-11-9-7-5-2)31-27-23-20-24-28-37-35(44)33-34-39-40-41(3)36(45)43(34)32-38-33/h32H,4-31H2,1-3H3,(H,37,44). The summed E-state index contributed by atoms with van der Waals surface area (Å²) < 4.78 is 2.37. The fraction of sp³-hybridized carbons (Fsp3) is 0.861. The van der Waals surface area contributed by atoms with E-state index in [1.807, 2.05) is 0 Å². The van der Waals surface area contributed by atoms with Gasteiger partial charge in [0.1, 0.15) is 6.33 Å². The van der Waals surface area contributed by atoms with E-state index in [1.54, 1.807) is 0 Å². The van der Waals surface area contributed by atoms with Crippen LogP contribution < -0.4 is 11.0 Å². The number of aryl methyl sites for hydroxylation is 1. The van der Waals surface area contributed by atoms with E-state index in [9.17, 15) is 9.59 Å². The number of unbranched alkanes of at least 4 members (excludes halogenated alkanes) is 21. The molecule has 45 heavy (non-hydrogen) atoms. The largest absolute Gasteiger partial charge is 0.352 e. The average Bonchev–Trinajstić information content (AvgIpc) is 3.48. The first kappa shape index (κ1) is 38.9. The number of carbonyl (C=O) groups is 1. The number of fused-ring (bicyclic) bond motifs is 1. The number of nitrogens with one attached hydrogen (secondary N) is 1. The summed E-state index contributed by atoms with van der Waals surface area (Å²) in [6.45, 7) is 8.85. The van der Waals surface area contributed by atoms with Crippen LogP contribution in [0.4, 0.5) is 0 Å². The monoisotopic (exact) mass is 630 g/mol. The predicted octanol–water partition coefficient (Wildman–Crippen LogP) is 8.26. The second-order valence-corrected chi connectivity index (χ2v) is 13.2. The highest BCUT2D eigenvalue weighted by Crippen LogP contribution is 2.14. The van der Waals surface area contributed by atoms with Crippen molar-refractivity contribution in [2.45, 2.75) is 168 Å². The quantitative estimate of drug-likeness (QED) is 0.0874. The molecule has 2 heterocycles. The molecular weight excluding hydrogens is 562 g/mol. The Kier molecular flexibility index (Phi) is 22.3. The number of rotatable bonds is 30. The van der Waals surface area contributed by atoms with Gasteiger partial charge in [-0.2, -0.15) is 4.68 Å². The van der Waals surface area contributed by atoms with Gasteiger partial charge >= 0.3 is 5.69 Å². The molecule has 0 fully saturated rings. The molecule has 0 unspecified atom stereocenters. The number of aromatic nitrogens is 5. The Balaban J connectivity index is 1.60. The molecule has 2 aromatic heterocycles. The predicted molar refractivity (Wildman–Crippen MR) is 187 cm³/mol. The molecule has 2 rings (SSSR count). The van der Waals surface area contributed by atoms with Crippen LogP contribution in [-0.4, -0.2) is 61.4 Å². The number of carbonyl (C=O) groups excluding carboxylic acids is 1. The molecule has 0 radical (unpaired) electrons. The molecule has 0 aliphatic rings. The minimum Gasteiger partial charge on any atom is -0.351 e. The molecular formula is C36H67N7O2. The Hall–Kier alpha value is -2.29. The van der Waals surface area contributed by atoms with Crippen molar-refractivity contribution in [1.82, 2.24) is 34.6 Å². The number of amides is 1. The third-order valence-corrected chi connectivity index (χ3v) is 9.06. The minimum atomic E-state index is -0.373. The lowest BCUT2D eigenvalue weighted by atomic mass is 10.1. The number of nitrogens with zero attached hydrogens (tertiary/aromatic N) is 6. The van der Waals surface area contributed by atoms with Crippen LogP contribution in [0.1, 0.15) is 178 Å². The molecule has 0 saturated carbocycles. The molecule has 0 bridgehead atoms. The van der Waals surface area contributed by atoms with Crippen LogP contribution in [0.25, 0.3) is 5.65 Å². The van der Waals surface area contributed by atoms with Gasteiger partial charge in [0.2, 0.25) is 0 Å². The summed E-state index contributed by atoms with van der Waals surface area (Å²) in [4.78, 5) is 31.5. The van der Waals surface area contributed by atoms with Gasteiger partial charge in [-0.05, 0) is 45.3 Å². The molecule has 9 nitrogen and oxygen atoms in total. The van der Waals surface area contributed by atoms with Crippen molar-refractivity contribution in [2.24, 2.45) is 7.05 Å².